The predicted molar refractivity (Wildman–Crippen MR) is 77.4 cm³/mol. The molecule has 0 unspecified atom stereocenters. The normalized spacial score (nSPS) is 10.8. The highest BCUT2D eigenvalue weighted by molar-refractivity contribution is 5.48. The maximum absolute atomic E-state index is 4.63. The van der Waals surface area contributed by atoms with Crippen molar-refractivity contribution < 1.29 is 0 Å². The number of aromatic nitrogens is 3. The molecule has 2 aromatic heterocycles. The van der Waals surface area contributed by atoms with Gasteiger partial charge in [-0.3, -0.25) is 4.98 Å². The second-order valence-electron chi connectivity index (χ2n) is 4.92. The van der Waals surface area contributed by atoms with Crippen LogP contribution < -0.4 is 5.32 Å². The van der Waals surface area contributed by atoms with Gasteiger partial charge in [0.05, 0.1) is 0 Å². The first-order chi connectivity index (χ1) is 9.11. The zero-order valence-electron chi connectivity index (χ0n) is 11.9. The third kappa shape index (κ3) is 3.08. The Morgan fingerprint density at radius 1 is 1.16 bits per heavy atom. The molecule has 0 saturated heterocycles. The van der Waals surface area contributed by atoms with Crippen LogP contribution in [0.4, 0.5) is 5.82 Å². The lowest BCUT2D eigenvalue weighted by molar-refractivity contribution is 0.813. The van der Waals surface area contributed by atoms with E-state index >= 15 is 0 Å². The van der Waals surface area contributed by atoms with Crippen molar-refractivity contribution in [1.82, 2.24) is 15.0 Å². The van der Waals surface area contributed by atoms with Gasteiger partial charge in [-0.25, -0.2) is 9.97 Å². The van der Waals surface area contributed by atoms with Crippen molar-refractivity contribution in [3.8, 4) is 0 Å². The van der Waals surface area contributed by atoms with Gasteiger partial charge in [0, 0.05) is 37.1 Å². The van der Waals surface area contributed by atoms with Crippen molar-refractivity contribution in [3.05, 3.63) is 47.2 Å². The Hall–Kier alpha value is -1.97. The van der Waals surface area contributed by atoms with Gasteiger partial charge in [0.25, 0.3) is 0 Å². The van der Waals surface area contributed by atoms with Gasteiger partial charge in [-0.05, 0) is 30.5 Å². The summed E-state index contributed by atoms with van der Waals surface area (Å²) in [6.07, 6.45) is 4.32. The molecule has 0 atom stereocenters. The average molecular weight is 256 g/mol. The topological polar surface area (TPSA) is 50.7 Å². The van der Waals surface area contributed by atoms with Crippen molar-refractivity contribution in [2.24, 2.45) is 0 Å². The molecule has 0 fully saturated rings. The molecule has 0 spiro atoms. The minimum absolute atomic E-state index is 0.414. The molecule has 2 heterocycles. The van der Waals surface area contributed by atoms with E-state index in [4.69, 9.17) is 0 Å². The van der Waals surface area contributed by atoms with E-state index in [1.54, 1.807) is 12.4 Å². The molecule has 19 heavy (non-hydrogen) atoms. The lowest BCUT2D eigenvalue weighted by Gasteiger charge is -2.15. The Labute approximate surface area is 114 Å². The number of hydrogen-bond acceptors (Lipinski definition) is 4. The molecule has 0 amide bonds. The first-order valence-corrected chi connectivity index (χ1v) is 6.56. The zero-order valence-corrected chi connectivity index (χ0v) is 11.9. The first kappa shape index (κ1) is 13.5. The van der Waals surface area contributed by atoms with Crippen molar-refractivity contribution in [2.45, 2.75) is 33.1 Å². The standard InChI is InChI=1S/C15H20N4/c1-10(2)14-11(3)18-13(19-15(14)16-4)9-12-5-7-17-8-6-12/h5-8,10H,9H2,1-4H3,(H,16,18,19). The van der Waals surface area contributed by atoms with Gasteiger partial charge < -0.3 is 5.32 Å². The molecule has 0 aliphatic rings. The summed E-state index contributed by atoms with van der Waals surface area (Å²) in [6, 6.07) is 3.99. The largest absolute Gasteiger partial charge is 0.373 e. The predicted octanol–water partition coefficient (Wildman–Crippen LogP) is 2.94. The minimum atomic E-state index is 0.414. The van der Waals surface area contributed by atoms with Crippen molar-refractivity contribution in [2.75, 3.05) is 12.4 Å². The van der Waals surface area contributed by atoms with E-state index in [0.717, 1.165) is 23.8 Å². The molecule has 2 aromatic rings. The van der Waals surface area contributed by atoms with Crippen molar-refractivity contribution >= 4 is 5.82 Å². The molecule has 1 N–H and O–H groups in total. The van der Waals surface area contributed by atoms with Crippen LogP contribution in [-0.4, -0.2) is 22.0 Å². The van der Waals surface area contributed by atoms with Crippen LogP contribution in [0.5, 0.6) is 0 Å². The molecule has 2 rings (SSSR count). The van der Waals surface area contributed by atoms with Gasteiger partial charge >= 0.3 is 0 Å². The van der Waals surface area contributed by atoms with Crippen LogP contribution in [-0.2, 0) is 6.42 Å². The van der Waals surface area contributed by atoms with Gasteiger partial charge in [-0.1, -0.05) is 13.8 Å². The Bertz CT molecular complexity index is 550. The second-order valence-corrected chi connectivity index (χ2v) is 4.92. The molecule has 0 radical (unpaired) electrons. The number of aryl methyl sites for hydroxylation is 1. The van der Waals surface area contributed by atoms with Gasteiger partial charge in [0.1, 0.15) is 11.6 Å². The van der Waals surface area contributed by atoms with E-state index in [2.05, 4.69) is 34.1 Å². The number of pyridine rings is 1. The number of hydrogen-bond donors (Lipinski definition) is 1. The third-order valence-electron chi connectivity index (χ3n) is 3.11. The second kappa shape index (κ2) is 5.78. The fourth-order valence-corrected chi connectivity index (χ4v) is 2.28. The lowest BCUT2D eigenvalue weighted by atomic mass is 10.0. The molecular weight excluding hydrogens is 236 g/mol. The van der Waals surface area contributed by atoms with Crippen LogP contribution in [0.25, 0.3) is 0 Å². The highest BCUT2D eigenvalue weighted by atomic mass is 15.0. The number of rotatable bonds is 4. The minimum Gasteiger partial charge on any atom is -0.373 e. The molecule has 4 nitrogen and oxygen atoms in total. The Kier molecular flexibility index (Phi) is 4.10. The molecule has 0 aromatic carbocycles. The third-order valence-corrected chi connectivity index (χ3v) is 3.11. The summed E-state index contributed by atoms with van der Waals surface area (Å²) in [6.45, 7) is 6.37. The van der Waals surface area contributed by atoms with E-state index in [1.807, 2.05) is 26.1 Å². The maximum Gasteiger partial charge on any atom is 0.135 e. The van der Waals surface area contributed by atoms with E-state index in [9.17, 15) is 0 Å². The van der Waals surface area contributed by atoms with Gasteiger partial charge in [0.15, 0.2) is 0 Å². The summed E-state index contributed by atoms with van der Waals surface area (Å²) in [7, 11) is 1.91. The Morgan fingerprint density at radius 3 is 2.42 bits per heavy atom. The molecule has 0 bridgehead atoms. The Morgan fingerprint density at radius 2 is 1.84 bits per heavy atom. The Balaban J connectivity index is 2.36. The monoisotopic (exact) mass is 256 g/mol. The zero-order chi connectivity index (χ0) is 13.8. The van der Waals surface area contributed by atoms with E-state index in [-0.39, 0.29) is 0 Å². The fourth-order valence-electron chi connectivity index (χ4n) is 2.28. The lowest BCUT2D eigenvalue weighted by Crippen LogP contribution is -2.09. The number of nitrogens with one attached hydrogen (secondary N) is 1. The van der Waals surface area contributed by atoms with Crippen LogP contribution in [0.15, 0.2) is 24.5 Å². The van der Waals surface area contributed by atoms with Crippen LogP contribution >= 0.6 is 0 Å². The SMILES string of the molecule is CNc1nc(Cc2ccncc2)nc(C)c1C(C)C. The summed E-state index contributed by atoms with van der Waals surface area (Å²) in [5.41, 5.74) is 3.42. The molecular formula is C15H20N4. The van der Waals surface area contributed by atoms with Gasteiger partial charge in [0.2, 0.25) is 0 Å². The first-order valence-electron chi connectivity index (χ1n) is 6.56. The quantitative estimate of drug-likeness (QED) is 0.913. The summed E-state index contributed by atoms with van der Waals surface area (Å²) in [5.74, 6) is 2.20. The summed E-state index contributed by atoms with van der Waals surface area (Å²) < 4.78 is 0. The van der Waals surface area contributed by atoms with Gasteiger partial charge in [-0.15, -0.1) is 0 Å². The highest BCUT2D eigenvalue weighted by Crippen LogP contribution is 2.25. The summed E-state index contributed by atoms with van der Waals surface area (Å²) >= 11 is 0. The van der Waals surface area contributed by atoms with Crippen LogP contribution in [0.2, 0.25) is 0 Å². The molecule has 0 aliphatic carbocycles. The van der Waals surface area contributed by atoms with E-state index < -0.39 is 0 Å². The van der Waals surface area contributed by atoms with Gasteiger partial charge in [-0.2, -0.15) is 0 Å². The highest BCUT2D eigenvalue weighted by Gasteiger charge is 2.13. The van der Waals surface area contributed by atoms with Crippen molar-refractivity contribution in [3.63, 3.8) is 0 Å². The molecule has 0 aliphatic heterocycles. The van der Waals surface area contributed by atoms with Crippen LogP contribution in [0.1, 0.15) is 42.4 Å². The molecule has 100 valence electrons. The van der Waals surface area contributed by atoms with E-state index in [1.165, 1.54) is 11.1 Å². The smallest absolute Gasteiger partial charge is 0.135 e. The molecule has 0 saturated carbocycles. The number of anilines is 1. The molecule has 4 heteroatoms. The van der Waals surface area contributed by atoms with Crippen LogP contribution in [0, 0.1) is 6.92 Å². The van der Waals surface area contributed by atoms with E-state index in [0.29, 0.717) is 5.92 Å². The summed E-state index contributed by atoms with van der Waals surface area (Å²) in [5, 5.41) is 3.18. The number of nitrogens with zero attached hydrogens (tertiary/aromatic N) is 3. The summed E-state index contributed by atoms with van der Waals surface area (Å²) in [4.78, 5) is 13.3. The van der Waals surface area contributed by atoms with Crippen LogP contribution in [0.3, 0.4) is 0 Å². The maximum atomic E-state index is 4.63. The average Bonchev–Trinajstić information content (AvgIpc) is 2.38. The fraction of sp³-hybridized carbons (Fsp3) is 0.400. The van der Waals surface area contributed by atoms with Crippen molar-refractivity contribution in [1.29, 1.82) is 0 Å².